The van der Waals surface area contributed by atoms with E-state index in [1.165, 1.54) is 17.6 Å². The number of fused-ring (bicyclic) bond motifs is 1. The van der Waals surface area contributed by atoms with Crippen molar-refractivity contribution in [3.63, 3.8) is 0 Å². The van der Waals surface area contributed by atoms with E-state index >= 15 is 0 Å². The Morgan fingerprint density at radius 1 is 1.08 bits per heavy atom. The van der Waals surface area contributed by atoms with Crippen LogP contribution in [0.15, 0.2) is 79.0 Å². The van der Waals surface area contributed by atoms with Crippen LogP contribution in [0.25, 0.3) is 22.0 Å². The minimum Gasteiger partial charge on any atom is -0.478 e. The Labute approximate surface area is 228 Å². The van der Waals surface area contributed by atoms with Gasteiger partial charge in [-0.1, -0.05) is 48.9 Å². The highest BCUT2D eigenvalue weighted by Crippen LogP contribution is 2.45. The second-order valence-corrected chi connectivity index (χ2v) is 9.80. The lowest BCUT2D eigenvalue weighted by atomic mass is 9.73. The van der Waals surface area contributed by atoms with Gasteiger partial charge in [0.2, 0.25) is 17.7 Å². The van der Waals surface area contributed by atoms with Crippen LogP contribution in [0.3, 0.4) is 0 Å². The van der Waals surface area contributed by atoms with Crippen molar-refractivity contribution in [3.8, 4) is 5.88 Å². The van der Waals surface area contributed by atoms with Gasteiger partial charge in [0.1, 0.15) is 0 Å². The number of carbonyl (C=O) groups is 1. The molecule has 0 radical (unpaired) electrons. The Bertz CT molecular complexity index is 1470. The number of nitrogens with zero attached hydrogens (tertiary/aromatic N) is 2. The number of hydrogen-bond acceptors (Lipinski definition) is 4. The van der Waals surface area contributed by atoms with Gasteiger partial charge in [0.05, 0.1) is 17.5 Å². The molecule has 0 unspecified atom stereocenters. The first kappa shape index (κ1) is 26.4. The molecule has 0 atom stereocenters. The van der Waals surface area contributed by atoms with Gasteiger partial charge in [-0.15, -0.1) is 0 Å². The molecule has 2 aromatic heterocycles. The van der Waals surface area contributed by atoms with E-state index in [9.17, 15) is 9.18 Å². The molecule has 4 aromatic rings. The number of aromatic nitrogens is 3. The van der Waals surface area contributed by atoms with E-state index in [-0.39, 0.29) is 5.91 Å². The molecule has 0 spiro atoms. The number of H-pyrrole nitrogens is 1. The van der Waals surface area contributed by atoms with Gasteiger partial charge in [0.25, 0.3) is 0 Å². The molecule has 2 heterocycles. The summed E-state index contributed by atoms with van der Waals surface area (Å²) < 4.78 is 20.4. The van der Waals surface area contributed by atoms with Crippen LogP contribution in [0.1, 0.15) is 55.2 Å². The second-order valence-electron chi connectivity index (χ2n) is 9.80. The Kier molecular flexibility index (Phi) is 8.46. The first-order valence-electron chi connectivity index (χ1n) is 13.5. The Morgan fingerprint density at radius 2 is 1.90 bits per heavy atom. The monoisotopic (exact) mass is 524 g/mol. The lowest BCUT2D eigenvalue weighted by Crippen LogP contribution is -2.15. The Balaban J connectivity index is 1.41. The van der Waals surface area contributed by atoms with Crippen LogP contribution < -0.4 is 10.1 Å². The number of halogens is 1. The van der Waals surface area contributed by atoms with Gasteiger partial charge in [-0.25, -0.2) is 4.98 Å². The lowest BCUT2D eigenvalue weighted by molar-refractivity contribution is -0.116. The molecule has 2 aromatic carbocycles. The van der Waals surface area contributed by atoms with Crippen molar-refractivity contribution < 1.29 is 13.9 Å². The van der Waals surface area contributed by atoms with Gasteiger partial charge in [0, 0.05) is 24.9 Å². The first-order chi connectivity index (χ1) is 19.1. The van der Waals surface area contributed by atoms with Crippen molar-refractivity contribution in [2.45, 2.75) is 38.5 Å². The summed E-state index contributed by atoms with van der Waals surface area (Å²) in [6, 6.07) is 20.2. The summed E-state index contributed by atoms with van der Waals surface area (Å²) in [6.07, 6.45) is 11.4. The quantitative estimate of drug-likeness (QED) is 0.130. The van der Waals surface area contributed by atoms with E-state index in [1.807, 2.05) is 48.7 Å². The third kappa shape index (κ3) is 6.25. The second kappa shape index (κ2) is 12.5. The van der Waals surface area contributed by atoms with E-state index in [0.29, 0.717) is 29.3 Å². The summed E-state index contributed by atoms with van der Waals surface area (Å²) in [5, 5.41) is 9.56. The number of hydrogen-bond donors (Lipinski definition) is 2. The van der Waals surface area contributed by atoms with Crippen LogP contribution in [0, 0.1) is 11.9 Å². The Hall–Kier alpha value is -4.26. The van der Waals surface area contributed by atoms with Crippen molar-refractivity contribution in [2.24, 2.45) is 5.92 Å². The van der Waals surface area contributed by atoms with E-state index in [0.717, 1.165) is 48.8 Å². The topological polar surface area (TPSA) is 79.9 Å². The number of nitrogens with one attached hydrogen (secondary N) is 2. The number of allylic oxidation sites excluding steroid dienone is 2. The molecule has 7 heteroatoms. The molecule has 6 nitrogen and oxygen atoms in total. The summed E-state index contributed by atoms with van der Waals surface area (Å²) in [4.78, 5) is 15.9. The minimum atomic E-state index is -0.429. The fourth-order valence-corrected chi connectivity index (χ4v) is 4.94. The maximum atomic E-state index is 14.5. The van der Waals surface area contributed by atoms with E-state index < -0.39 is 5.95 Å². The molecule has 1 amide bonds. The number of benzene rings is 2. The van der Waals surface area contributed by atoms with Gasteiger partial charge in [0.15, 0.2) is 0 Å². The Morgan fingerprint density at radius 3 is 2.62 bits per heavy atom. The highest BCUT2D eigenvalue weighted by Gasteiger charge is 2.27. The first-order valence-corrected chi connectivity index (χ1v) is 13.5. The summed E-state index contributed by atoms with van der Waals surface area (Å²) in [5.74, 6) is 0.481. The standard InChI is InChI=1S/C32H33FN4O2/c1-34-28(38)14-7-2-3-8-19-39-29-18-16-25(21-35-29)31(24-15-17-27-26(20-24)32(33)37-36-27)30(23-12-9-13-23)22-10-5-4-6-11-22/h4-7,10-11,14-18,20-21,23H,2-3,8-9,12-13,19H2,1H3,(H,34,38)(H,36,37)/b14-7+,31-30+. The third-order valence-corrected chi connectivity index (χ3v) is 7.22. The van der Waals surface area contributed by atoms with Crippen LogP contribution >= 0.6 is 0 Å². The van der Waals surface area contributed by atoms with Gasteiger partial charge in [-0.05, 0) is 84.6 Å². The smallest absolute Gasteiger partial charge is 0.243 e. The molecule has 0 bridgehead atoms. The number of carbonyl (C=O) groups excluding carboxylic acids is 1. The predicted octanol–water partition coefficient (Wildman–Crippen LogP) is 6.71. The van der Waals surface area contributed by atoms with Crippen LogP contribution in [0.5, 0.6) is 5.88 Å². The highest BCUT2D eigenvalue weighted by molar-refractivity contribution is 6.01. The fourth-order valence-electron chi connectivity index (χ4n) is 4.94. The number of aromatic amines is 1. The average molecular weight is 525 g/mol. The SMILES string of the molecule is CNC(=O)/C=C/CCCCOc1ccc(/C(=C(\c2ccccc2)C2CCC2)c2ccc3n[nH]c(F)c3c2)cn1. The molecule has 1 aliphatic rings. The molecule has 5 rings (SSSR count). The van der Waals surface area contributed by atoms with Gasteiger partial charge in [-0.3, -0.25) is 9.89 Å². The molecule has 0 saturated heterocycles. The third-order valence-electron chi connectivity index (χ3n) is 7.22. The van der Waals surface area contributed by atoms with Crippen molar-refractivity contribution in [2.75, 3.05) is 13.7 Å². The van der Waals surface area contributed by atoms with Crippen molar-refractivity contribution in [3.05, 3.63) is 102 Å². The molecule has 200 valence electrons. The number of pyridine rings is 1. The number of ether oxygens (including phenoxy) is 1. The molecule has 39 heavy (non-hydrogen) atoms. The van der Waals surface area contributed by atoms with Crippen LogP contribution in [-0.2, 0) is 4.79 Å². The molecule has 1 aliphatic carbocycles. The number of amides is 1. The van der Waals surface area contributed by atoms with E-state index in [2.05, 4.69) is 44.8 Å². The summed E-state index contributed by atoms with van der Waals surface area (Å²) >= 11 is 0. The van der Waals surface area contributed by atoms with Gasteiger partial charge >= 0.3 is 0 Å². The largest absolute Gasteiger partial charge is 0.478 e. The van der Waals surface area contributed by atoms with Gasteiger partial charge < -0.3 is 10.1 Å². The van der Waals surface area contributed by atoms with Crippen molar-refractivity contribution in [1.82, 2.24) is 20.5 Å². The zero-order valence-electron chi connectivity index (χ0n) is 22.1. The maximum absolute atomic E-state index is 14.5. The van der Waals surface area contributed by atoms with Crippen molar-refractivity contribution >= 4 is 28.0 Å². The number of likely N-dealkylation sites (N-methyl/N-ethyl adjacent to an activating group) is 1. The number of rotatable bonds is 11. The minimum absolute atomic E-state index is 0.0912. The molecule has 1 saturated carbocycles. The highest BCUT2D eigenvalue weighted by atomic mass is 19.1. The normalized spacial score (nSPS) is 14.3. The molecular weight excluding hydrogens is 491 g/mol. The summed E-state index contributed by atoms with van der Waals surface area (Å²) in [5.41, 5.74) is 6.02. The fraction of sp³-hybridized carbons (Fsp3) is 0.281. The summed E-state index contributed by atoms with van der Waals surface area (Å²) in [6.45, 7) is 0.552. The van der Waals surface area contributed by atoms with Crippen LogP contribution in [0.4, 0.5) is 4.39 Å². The zero-order valence-corrected chi connectivity index (χ0v) is 22.1. The maximum Gasteiger partial charge on any atom is 0.243 e. The van der Waals surface area contributed by atoms with E-state index in [1.54, 1.807) is 13.1 Å². The lowest BCUT2D eigenvalue weighted by Gasteiger charge is -2.31. The molecular formula is C32H33FN4O2. The predicted molar refractivity (Wildman–Crippen MR) is 153 cm³/mol. The molecule has 2 N–H and O–H groups in total. The number of unbranched alkanes of at least 4 members (excludes halogenated alkanes) is 2. The van der Waals surface area contributed by atoms with Crippen LogP contribution in [-0.4, -0.2) is 34.7 Å². The van der Waals surface area contributed by atoms with Crippen molar-refractivity contribution in [1.29, 1.82) is 0 Å². The molecule has 1 fully saturated rings. The van der Waals surface area contributed by atoms with E-state index in [4.69, 9.17) is 4.74 Å². The van der Waals surface area contributed by atoms with Gasteiger partial charge in [-0.2, -0.15) is 9.49 Å². The average Bonchev–Trinajstić information content (AvgIpc) is 3.32. The summed E-state index contributed by atoms with van der Waals surface area (Å²) in [7, 11) is 1.62. The van der Waals surface area contributed by atoms with Crippen LogP contribution in [0.2, 0.25) is 0 Å². The zero-order chi connectivity index (χ0) is 27.0. The molecule has 0 aliphatic heterocycles.